The van der Waals surface area contributed by atoms with Gasteiger partial charge in [0, 0.05) is 33.4 Å². The summed E-state index contributed by atoms with van der Waals surface area (Å²) in [5.41, 5.74) is 0.418. The van der Waals surface area contributed by atoms with Gasteiger partial charge in [-0.1, -0.05) is 0 Å². The number of piperidine rings is 1. The van der Waals surface area contributed by atoms with Gasteiger partial charge in [0.05, 0.1) is 0 Å². The van der Waals surface area contributed by atoms with E-state index in [2.05, 4.69) is 11.9 Å². The predicted octanol–water partition coefficient (Wildman–Crippen LogP) is 0.960. The highest BCUT2D eigenvalue weighted by Gasteiger charge is 2.48. The molecular formula is C9H21NO3Si. The van der Waals surface area contributed by atoms with Crippen LogP contribution in [0.2, 0.25) is 5.54 Å². The molecule has 1 rings (SSSR count). The molecule has 0 bridgehead atoms. The molecule has 4 nitrogen and oxygen atoms in total. The Morgan fingerprint density at radius 3 is 2.14 bits per heavy atom. The molecule has 14 heavy (non-hydrogen) atoms. The van der Waals surface area contributed by atoms with Crippen molar-refractivity contribution in [3.8, 4) is 0 Å². The van der Waals surface area contributed by atoms with Crippen LogP contribution in [0.1, 0.15) is 12.8 Å². The van der Waals surface area contributed by atoms with Gasteiger partial charge in [0.25, 0.3) is 0 Å². The second-order valence-electron chi connectivity index (χ2n) is 3.82. The van der Waals surface area contributed by atoms with Crippen molar-refractivity contribution >= 4 is 8.80 Å². The lowest BCUT2D eigenvalue weighted by atomic mass is 10.1. The first-order valence-corrected chi connectivity index (χ1v) is 6.82. The first kappa shape index (κ1) is 12.1. The van der Waals surface area contributed by atoms with Crippen LogP contribution in [0.25, 0.3) is 0 Å². The van der Waals surface area contributed by atoms with E-state index in [1.165, 1.54) is 6.42 Å². The highest BCUT2D eigenvalue weighted by atomic mass is 28.4. The van der Waals surface area contributed by atoms with Gasteiger partial charge in [-0.2, -0.15) is 0 Å². The number of nitrogens with zero attached hydrogens (tertiary/aromatic N) is 1. The van der Waals surface area contributed by atoms with Crippen LogP contribution < -0.4 is 0 Å². The molecule has 0 saturated carbocycles. The molecule has 84 valence electrons. The maximum atomic E-state index is 5.49. The smallest absolute Gasteiger partial charge is 0.377 e. The Labute approximate surface area is 87.5 Å². The Balaban J connectivity index is 2.66. The lowest BCUT2D eigenvalue weighted by molar-refractivity contribution is 0.0951. The fraction of sp³-hybridized carbons (Fsp3) is 1.00. The molecule has 1 atom stereocenters. The van der Waals surface area contributed by atoms with Crippen molar-refractivity contribution in [1.29, 1.82) is 0 Å². The monoisotopic (exact) mass is 219 g/mol. The highest BCUT2D eigenvalue weighted by molar-refractivity contribution is 6.62. The number of rotatable bonds is 4. The molecule has 0 radical (unpaired) electrons. The topological polar surface area (TPSA) is 30.9 Å². The highest BCUT2D eigenvalue weighted by Crippen LogP contribution is 2.32. The molecule has 1 unspecified atom stereocenters. The zero-order valence-corrected chi connectivity index (χ0v) is 10.6. The molecule has 5 heteroatoms. The summed E-state index contributed by atoms with van der Waals surface area (Å²) in [5, 5.41) is 0. The zero-order chi connectivity index (χ0) is 10.6. The van der Waals surface area contributed by atoms with E-state index in [1.54, 1.807) is 21.3 Å². The molecule has 0 aromatic heterocycles. The van der Waals surface area contributed by atoms with Crippen LogP contribution in [-0.2, 0) is 13.3 Å². The molecular weight excluding hydrogens is 198 g/mol. The summed E-state index contributed by atoms with van der Waals surface area (Å²) >= 11 is 0. The minimum Gasteiger partial charge on any atom is -0.377 e. The van der Waals surface area contributed by atoms with E-state index < -0.39 is 8.80 Å². The first-order valence-electron chi connectivity index (χ1n) is 5.02. The number of likely N-dealkylation sites (tertiary alicyclic amines) is 1. The summed E-state index contributed by atoms with van der Waals surface area (Å²) in [6, 6.07) is 0. The van der Waals surface area contributed by atoms with E-state index in [-0.39, 0.29) is 0 Å². The van der Waals surface area contributed by atoms with Gasteiger partial charge in [-0.15, -0.1) is 0 Å². The molecule has 0 aliphatic carbocycles. The average molecular weight is 219 g/mol. The van der Waals surface area contributed by atoms with E-state index in [9.17, 15) is 0 Å². The standard InChI is InChI=1S/C9H21NO3Si/c1-10-7-5-6-9(8-10)14(11-2,12-3)13-4/h9H,5-8H2,1-4H3. The van der Waals surface area contributed by atoms with Crippen molar-refractivity contribution in [2.45, 2.75) is 18.4 Å². The Kier molecular flexibility index (Phi) is 4.53. The molecule has 0 aromatic rings. The molecule has 1 fully saturated rings. The Morgan fingerprint density at radius 2 is 1.71 bits per heavy atom. The third-order valence-electron chi connectivity index (χ3n) is 2.98. The van der Waals surface area contributed by atoms with E-state index in [0.29, 0.717) is 5.54 Å². The lowest BCUT2D eigenvalue weighted by Crippen LogP contribution is -2.52. The summed E-state index contributed by atoms with van der Waals surface area (Å²) in [7, 11) is 4.80. The summed E-state index contributed by atoms with van der Waals surface area (Å²) < 4.78 is 16.5. The molecule has 1 aliphatic heterocycles. The van der Waals surface area contributed by atoms with Crippen molar-refractivity contribution in [1.82, 2.24) is 4.90 Å². The van der Waals surface area contributed by atoms with E-state index in [0.717, 1.165) is 19.5 Å². The summed E-state index contributed by atoms with van der Waals surface area (Å²) in [6.45, 7) is 2.18. The molecule has 0 spiro atoms. The van der Waals surface area contributed by atoms with Gasteiger partial charge < -0.3 is 18.2 Å². The van der Waals surface area contributed by atoms with Gasteiger partial charge >= 0.3 is 8.80 Å². The molecule has 0 N–H and O–H groups in total. The van der Waals surface area contributed by atoms with Gasteiger partial charge in [0.2, 0.25) is 0 Å². The van der Waals surface area contributed by atoms with Crippen LogP contribution in [0.4, 0.5) is 0 Å². The van der Waals surface area contributed by atoms with Gasteiger partial charge in [-0.3, -0.25) is 0 Å². The Hall–Kier alpha value is 0.0569. The Morgan fingerprint density at radius 1 is 1.14 bits per heavy atom. The van der Waals surface area contributed by atoms with Crippen LogP contribution >= 0.6 is 0 Å². The second kappa shape index (κ2) is 5.23. The van der Waals surface area contributed by atoms with Gasteiger partial charge in [-0.25, -0.2) is 0 Å². The first-order chi connectivity index (χ1) is 6.68. The van der Waals surface area contributed by atoms with Crippen molar-refractivity contribution < 1.29 is 13.3 Å². The third kappa shape index (κ3) is 2.35. The van der Waals surface area contributed by atoms with E-state index >= 15 is 0 Å². The fourth-order valence-electron chi connectivity index (χ4n) is 2.20. The van der Waals surface area contributed by atoms with E-state index in [4.69, 9.17) is 13.3 Å². The summed E-state index contributed by atoms with van der Waals surface area (Å²) in [4.78, 5) is 2.31. The van der Waals surface area contributed by atoms with Crippen molar-refractivity contribution in [2.24, 2.45) is 0 Å². The van der Waals surface area contributed by atoms with Crippen LogP contribution in [0.3, 0.4) is 0 Å². The van der Waals surface area contributed by atoms with Gasteiger partial charge in [0.15, 0.2) is 0 Å². The van der Waals surface area contributed by atoms with Crippen LogP contribution in [0.5, 0.6) is 0 Å². The van der Waals surface area contributed by atoms with Gasteiger partial charge in [0.1, 0.15) is 0 Å². The third-order valence-corrected chi connectivity index (χ3v) is 6.16. The molecule has 1 heterocycles. The largest absolute Gasteiger partial charge is 0.504 e. The molecule has 1 saturated heterocycles. The van der Waals surface area contributed by atoms with Crippen LogP contribution in [-0.4, -0.2) is 55.2 Å². The number of hydrogen-bond acceptors (Lipinski definition) is 4. The Bertz CT molecular complexity index is 167. The normalized spacial score (nSPS) is 25.3. The van der Waals surface area contributed by atoms with Crippen molar-refractivity contribution in [3.63, 3.8) is 0 Å². The van der Waals surface area contributed by atoms with E-state index in [1.807, 2.05) is 0 Å². The van der Waals surface area contributed by atoms with Crippen LogP contribution in [0.15, 0.2) is 0 Å². The quantitative estimate of drug-likeness (QED) is 0.659. The summed E-state index contributed by atoms with van der Waals surface area (Å²) in [5.74, 6) is 0. The average Bonchev–Trinajstić information content (AvgIpc) is 2.22. The van der Waals surface area contributed by atoms with Crippen LogP contribution in [0, 0.1) is 0 Å². The molecule has 0 aromatic carbocycles. The lowest BCUT2D eigenvalue weighted by Gasteiger charge is -2.37. The zero-order valence-electron chi connectivity index (χ0n) is 9.58. The predicted molar refractivity (Wildman–Crippen MR) is 57.3 cm³/mol. The maximum absolute atomic E-state index is 5.49. The molecule has 1 aliphatic rings. The van der Waals surface area contributed by atoms with Crippen molar-refractivity contribution in [3.05, 3.63) is 0 Å². The minimum atomic E-state index is -2.40. The number of hydrogen-bond donors (Lipinski definition) is 0. The van der Waals surface area contributed by atoms with Gasteiger partial charge in [-0.05, 0) is 26.4 Å². The fourth-order valence-corrected chi connectivity index (χ4v) is 4.80. The van der Waals surface area contributed by atoms with Crippen molar-refractivity contribution in [2.75, 3.05) is 41.5 Å². The minimum absolute atomic E-state index is 0.418. The maximum Gasteiger partial charge on any atom is 0.504 e. The second-order valence-corrected chi connectivity index (χ2v) is 7.07. The summed E-state index contributed by atoms with van der Waals surface area (Å²) in [6.07, 6.45) is 2.35. The molecule has 0 amide bonds. The SMILES string of the molecule is CO[Si](OC)(OC)C1CCCN(C)C1.